The van der Waals surface area contributed by atoms with Crippen LogP contribution in [0.5, 0.6) is 5.75 Å². The molecule has 1 amide bonds. The van der Waals surface area contributed by atoms with Crippen LogP contribution in [0.1, 0.15) is 25.3 Å². The van der Waals surface area contributed by atoms with Crippen molar-refractivity contribution in [3.8, 4) is 5.75 Å². The van der Waals surface area contributed by atoms with Crippen LogP contribution in [0.4, 0.5) is 0 Å². The molecule has 1 aliphatic rings. The highest BCUT2D eigenvalue weighted by Gasteiger charge is 2.19. The molecule has 25 heavy (non-hydrogen) atoms. The Balaban J connectivity index is 2.20. The van der Waals surface area contributed by atoms with Gasteiger partial charge in [0, 0.05) is 24.4 Å². The number of carbonyl (C=O) groups is 1. The highest BCUT2D eigenvalue weighted by molar-refractivity contribution is 6.04. The van der Waals surface area contributed by atoms with Crippen molar-refractivity contribution in [3.05, 3.63) is 60.3 Å². The first-order valence-corrected chi connectivity index (χ1v) is 8.34. The molecule has 0 bridgehead atoms. The third kappa shape index (κ3) is 5.08. The molecule has 5 heteroatoms. The summed E-state index contributed by atoms with van der Waals surface area (Å²) in [5.74, 6) is 0.661. The van der Waals surface area contributed by atoms with Crippen LogP contribution in [0.2, 0.25) is 0 Å². The SMILES string of the molecule is C=C\C=C(/N=C(C)\C=C(/N)C(=O)N1CCCC1)c1ccc(OC)cc1. The molecule has 0 atom stereocenters. The summed E-state index contributed by atoms with van der Waals surface area (Å²) in [6.07, 6.45) is 7.20. The zero-order chi connectivity index (χ0) is 18.2. The molecular weight excluding hydrogens is 314 g/mol. The minimum atomic E-state index is -0.120. The highest BCUT2D eigenvalue weighted by atomic mass is 16.5. The lowest BCUT2D eigenvalue weighted by Gasteiger charge is -2.15. The van der Waals surface area contributed by atoms with Crippen molar-refractivity contribution in [3.63, 3.8) is 0 Å². The number of ether oxygens (including phenoxy) is 1. The first-order chi connectivity index (χ1) is 12.0. The number of hydrogen-bond donors (Lipinski definition) is 1. The summed E-state index contributed by atoms with van der Waals surface area (Å²) in [5.41, 5.74) is 8.51. The van der Waals surface area contributed by atoms with E-state index in [0.717, 1.165) is 42.9 Å². The molecule has 1 aliphatic heterocycles. The van der Waals surface area contributed by atoms with Gasteiger partial charge in [0.15, 0.2) is 0 Å². The lowest BCUT2D eigenvalue weighted by Crippen LogP contribution is -2.32. The van der Waals surface area contributed by atoms with E-state index in [4.69, 9.17) is 10.5 Å². The van der Waals surface area contributed by atoms with Gasteiger partial charge in [-0.2, -0.15) is 0 Å². The van der Waals surface area contributed by atoms with E-state index in [9.17, 15) is 4.79 Å². The standard InChI is InChI=1S/C20H25N3O2/c1-4-7-19(16-8-10-17(25-3)11-9-16)22-15(2)14-18(21)20(24)23-12-5-6-13-23/h4,7-11,14H,1,5-6,12-13,21H2,2-3H3/b18-14-,19-7-,22-15-. The van der Waals surface area contributed by atoms with Crippen molar-refractivity contribution < 1.29 is 9.53 Å². The maximum Gasteiger partial charge on any atom is 0.269 e. The first kappa shape index (κ1) is 18.5. The van der Waals surface area contributed by atoms with Gasteiger partial charge < -0.3 is 15.4 Å². The number of benzene rings is 1. The van der Waals surface area contributed by atoms with Crippen LogP contribution in [0.25, 0.3) is 5.70 Å². The topological polar surface area (TPSA) is 67.9 Å². The molecule has 0 unspecified atom stereocenters. The number of rotatable bonds is 6. The lowest BCUT2D eigenvalue weighted by molar-refractivity contribution is -0.126. The quantitative estimate of drug-likeness (QED) is 0.492. The zero-order valence-corrected chi connectivity index (χ0v) is 14.9. The third-order valence-electron chi connectivity index (χ3n) is 3.96. The number of nitrogens with two attached hydrogens (primary N) is 1. The first-order valence-electron chi connectivity index (χ1n) is 8.34. The van der Waals surface area contributed by atoms with Gasteiger partial charge in [0.25, 0.3) is 5.91 Å². The van der Waals surface area contributed by atoms with Gasteiger partial charge in [-0.05, 0) is 56.2 Å². The van der Waals surface area contributed by atoms with E-state index in [1.165, 1.54) is 0 Å². The average Bonchev–Trinajstić information content (AvgIpc) is 3.15. The van der Waals surface area contributed by atoms with Crippen LogP contribution in [0.3, 0.4) is 0 Å². The Kier molecular flexibility index (Phi) is 6.57. The van der Waals surface area contributed by atoms with E-state index in [1.54, 1.807) is 24.2 Å². The van der Waals surface area contributed by atoms with Gasteiger partial charge >= 0.3 is 0 Å². The van der Waals surface area contributed by atoms with Crippen LogP contribution >= 0.6 is 0 Å². The van der Waals surface area contributed by atoms with Gasteiger partial charge in [-0.1, -0.05) is 12.7 Å². The fourth-order valence-electron chi connectivity index (χ4n) is 2.68. The van der Waals surface area contributed by atoms with Crippen molar-refractivity contribution in [1.82, 2.24) is 4.90 Å². The number of amides is 1. The molecule has 0 spiro atoms. The van der Waals surface area contributed by atoms with Crippen LogP contribution in [-0.2, 0) is 4.79 Å². The Labute approximate surface area is 149 Å². The Bertz CT molecular complexity index is 709. The van der Waals surface area contributed by atoms with Crippen molar-refractivity contribution in [1.29, 1.82) is 0 Å². The summed E-state index contributed by atoms with van der Waals surface area (Å²) in [4.78, 5) is 18.6. The van der Waals surface area contributed by atoms with E-state index in [-0.39, 0.29) is 11.6 Å². The van der Waals surface area contributed by atoms with Crippen molar-refractivity contribution in [2.24, 2.45) is 10.7 Å². The monoisotopic (exact) mass is 339 g/mol. The molecular formula is C20H25N3O2. The second-order valence-electron chi connectivity index (χ2n) is 5.87. The lowest BCUT2D eigenvalue weighted by atomic mass is 10.1. The third-order valence-corrected chi connectivity index (χ3v) is 3.96. The fourth-order valence-corrected chi connectivity index (χ4v) is 2.68. The predicted octanol–water partition coefficient (Wildman–Crippen LogP) is 3.15. The van der Waals surface area contributed by atoms with Gasteiger partial charge in [-0.3, -0.25) is 9.79 Å². The Morgan fingerprint density at radius 1 is 1.28 bits per heavy atom. The molecule has 0 aromatic heterocycles. The van der Waals surface area contributed by atoms with Gasteiger partial charge in [0.05, 0.1) is 18.5 Å². The van der Waals surface area contributed by atoms with Gasteiger partial charge in [-0.25, -0.2) is 0 Å². The summed E-state index contributed by atoms with van der Waals surface area (Å²) >= 11 is 0. The van der Waals surface area contributed by atoms with Gasteiger partial charge in [0.2, 0.25) is 0 Å². The predicted molar refractivity (Wildman–Crippen MR) is 102 cm³/mol. The number of aliphatic imine (C=N–C) groups is 1. The molecule has 1 fully saturated rings. The second-order valence-corrected chi connectivity index (χ2v) is 5.87. The molecule has 132 valence electrons. The fraction of sp³-hybridized carbons (Fsp3) is 0.300. The molecule has 1 aromatic carbocycles. The van der Waals surface area contributed by atoms with Gasteiger partial charge in [0.1, 0.15) is 5.75 Å². The number of methoxy groups -OCH3 is 1. The molecule has 5 nitrogen and oxygen atoms in total. The minimum Gasteiger partial charge on any atom is -0.497 e. The molecule has 1 saturated heterocycles. The van der Waals surface area contributed by atoms with E-state index < -0.39 is 0 Å². The molecule has 1 heterocycles. The van der Waals surface area contributed by atoms with E-state index >= 15 is 0 Å². The molecule has 0 saturated carbocycles. The maximum atomic E-state index is 12.3. The summed E-state index contributed by atoms with van der Waals surface area (Å²) < 4.78 is 5.17. The number of allylic oxidation sites excluding steroid dienone is 3. The van der Waals surface area contributed by atoms with Crippen LogP contribution < -0.4 is 10.5 Å². The minimum absolute atomic E-state index is 0.120. The second kappa shape index (κ2) is 8.87. The van der Waals surface area contributed by atoms with Crippen molar-refractivity contribution in [2.45, 2.75) is 19.8 Å². The van der Waals surface area contributed by atoms with E-state index in [0.29, 0.717) is 5.71 Å². The normalized spacial score (nSPS) is 16.1. The van der Waals surface area contributed by atoms with E-state index in [1.807, 2.05) is 37.3 Å². The smallest absolute Gasteiger partial charge is 0.269 e. The summed E-state index contributed by atoms with van der Waals surface area (Å²) in [6.45, 7) is 7.11. The Hall–Kier alpha value is -2.82. The maximum absolute atomic E-state index is 12.3. The van der Waals surface area contributed by atoms with Crippen LogP contribution in [-0.4, -0.2) is 36.7 Å². The average molecular weight is 339 g/mol. The molecule has 2 N–H and O–H groups in total. The van der Waals surface area contributed by atoms with Crippen LogP contribution in [0.15, 0.2) is 59.8 Å². The van der Waals surface area contributed by atoms with Crippen LogP contribution in [0, 0.1) is 0 Å². The largest absolute Gasteiger partial charge is 0.497 e. The summed E-state index contributed by atoms with van der Waals surface area (Å²) in [7, 11) is 1.63. The molecule has 0 radical (unpaired) electrons. The van der Waals surface area contributed by atoms with Crippen molar-refractivity contribution >= 4 is 17.3 Å². The number of likely N-dealkylation sites (tertiary alicyclic amines) is 1. The number of carbonyl (C=O) groups excluding carboxylic acids is 1. The highest BCUT2D eigenvalue weighted by Crippen LogP contribution is 2.20. The van der Waals surface area contributed by atoms with E-state index in [2.05, 4.69) is 11.6 Å². The Morgan fingerprint density at radius 2 is 1.92 bits per heavy atom. The number of nitrogens with zero attached hydrogens (tertiary/aromatic N) is 2. The molecule has 0 aliphatic carbocycles. The molecule has 2 rings (SSSR count). The van der Waals surface area contributed by atoms with Gasteiger partial charge in [-0.15, -0.1) is 0 Å². The summed E-state index contributed by atoms with van der Waals surface area (Å²) in [6, 6.07) is 7.59. The zero-order valence-electron chi connectivity index (χ0n) is 14.9. The number of hydrogen-bond acceptors (Lipinski definition) is 4. The molecule has 1 aromatic rings. The van der Waals surface area contributed by atoms with Crippen molar-refractivity contribution in [2.75, 3.05) is 20.2 Å². The Morgan fingerprint density at radius 3 is 2.48 bits per heavy atom. The summed E-state index contributed by atoms with van der Waals surface area (Å²) in [5, 5.41) is 0.